The number of hydrogen-bond acceptors (Lipinski definition) is 5. The van der Waals surface area contributed by atoms with E-state index >= 15 is 0 Å². The first-order valence-corrected chi connectivity index (χ1v) is 11.7. The number of anilines is 2. The number of carbonyl (C=O) groups is 1. The lowest BCUT2D eigenvalue weighted by atomic mass is 10.2. The molecule has 12 heteroatoms. The molecule has 1 amide bonds. The fourth-order valence-electron chi connectivity index (χ4n) is 3.97. The van der Waals surface area contributed by atoms with E-state index < -0.39 is 21.8 Å². The Kier molecular flexibility index (Phi) is 5.84. The van der Waals surface area contributed by atoms with Gasteiger partial charge >= 0.3 is 6.18 Å². The van der Waals surface area contributed by atoms with Gasteiger partial charge in [-0.15, -0.1) is 0 Å². The second-order valence-corrected chi connectivity index (χ2v) is 9.97. The number of rotatable bonds is 3. The predicted octanol–water partition coefficient (Wildman–Crippen LogP) is 3.17. The third-order valence-electron chi connectivity index (χ3n) is 5.65. The van der Waals surface area contributed by atoms with Crippen molar-refractivity contribution >= 4 is 39.0 Å². The molecule has 1 saturated heterocycles. The minimum Gasteiger partial charge on any atom is -0.353 e. The van der Waals surface area contributed by atoms with Gasteiger partial charge in [0.2, 0.25) is 15.9 Å². The maximum Gasteiger partial charge on any atom is 0.417 e. The Morgan fingerprint density at radius 1 is 1.09 bits per heavy atom. The van der Waals surface area contributed by atoms with Crippen molar-refractivity contribution in [1.29, 1.82) is 0 Å². The van der Waals surface area contributed by atoms with Gasteiger partial charge in [-0.3, -0.25) is 4.79 Å². The summed E-state index contributed by atoms with van der Waals surface area (Å²) in [6, 6.07) is 5.57. The lowest BCUT2D eigenvalue weighted by molar-refractivity contribution is -0.137. The average Bonchev–Trinajstić information content (AvgIpc) is 3.17. The van der Waals surface area contributed by atoms with Gasteiger partial charge in [0.25, 0.3) is 0 Å². The molecule has 3 heterocycles. The zero-order valence-electron chi connectivity index (χ0n) is 17.1. The standard InChI is InChI=1S/C20H20ClF3N4O3S/c1-13(29)28-5-4-14-10-16(2-3-18(14)28)32(30,31)27-8-6-26(7-9-27)19-17(21)11-15(12-25-19)20(22,23)24/h2-3,10-12H,4-9H2,1H3. The van der Waals surface area contributed by atoms with Gasteiger partial charge in [-0.05, 0) is 36.2 Å². The number of benzene rings is 1. The van der Waals surface area contributed by atoms with Crippen LogP contribution in [0.5, 0.6) is 0 Å². The summed E-state index contributed by atoms with van der Waals surface area (Å²) in [4.78, 5) is 19.0. The van der Waals surface area contributed by atoms with Crippen LogP contribution < -0.4 is 9.80 Å². The van der Waals surface area contributed by atoms with Gasteiger partial charge in [0, 0.05) is 51.5 Å². The van der Waals surface area contributed by atoms with Crippen molar-refractivity contribution in [2.24, 2.45) is 0 Å². The molecule has 0 N–H and O–H groups in total. The van der Waals surface area contributed by atoms with Crippen LogP contribution in [0.25, 0.3) is 0 Å². The van der Waals surface area contributed by atoms with Crippen molar-refractivity contribution in [3.05, 3.63) is 46.6 Å². The van der Waals surface area contributed by atoms with Gasteiger partial charge < -0.3 is 9.80 Å². The number of pyridine rings is 1. The molecular formula is C20H20ClF3N4O3S. The van der Waals surface area contributed by atoms with Gasteiger partial charge in [-0.2, -0.15) is 17.5 Å². The zero-order chi connectivity index (χ0) is 23.3. The maximum absolute atomic E-state index is 13.1. The summed E-state index contributed by atoms with van der Waals surface area (Å²) in [6.07, 6.45) is -3.23. The number of halogens is 4. The van der Waals surface area contributed by atoms with E-state index in [1.807, 2.05) is 0 Å². The zero-order valence-corrected chi connectivity index (χ0v) is 18.6. The minimum atomic E-state index is -4.54. The third-order valence-corrected chi connectivity index (χ3v) is 7.82. The summed E-state index contributed by atoms with van der Waals surface area (Å²) in [5.74, 6) is 0.101. The highest BCUT2D eigenvalue weighted by atomic mass is 35.5. The van der Waals surface area contributed by atoms with E-state index in [1.165, 1.54) is 17.3 Å². The summed E-state index contributed by atoms with van der Waals surface area (Å²) < 4.78 is 66.1. The normalized spacial score (nSPS) is 17.5. The summed E-state index contributed by atoms with van der Waals surface area (Å²) in [5, 5.41) is -0.134. The van der Waals surface area contributed by atoms with Crippen LogP contribution in [-0.4, -0.2) is 56.3 Å². The van der Waals surface area contributed by atoms with E-state index in [0.29, 0.717) is 13.0 Å². The molecule has 0 unspecified atom stereocenters. The quantitative estimate of drug-likeness (QED) is 0.663. The number of hydrogen-bond donors (Lipinski definition) is 0. The number of sulfonamides is 1. The molecule has 2 aliphatic heterocycles. The van der Waals surface area contributed by atoms with E-state index in [-0.39, 0.29) is 47.8 Å². The predicted molar refractivity (Wildman–Crippen MR) is 113 cm³/mol. The fraction of sp³-hybridized carbons (Fsp3) is 0.400. The van der Waals surface area contributed by atoms with Gasteiger partial charge in [0.05, 0.1) is 15.5 Å². The lowest BCUT2D eigenvalue weighted by Crippen LogP contribution is -2.49. The fourth-order valence-corrected chi connectivity index (χ4v) is 5.73. The minimum absolute atomic E-state index is 0.0917. The highest BCUT2D eigenvalue weighted by Crippen LogP contribution is 2.35. The van der Waals surface area contributed by atoms with Crippen molar-refractivity contribution in [3.8, 4) is 0 Å². The second-order valence-electron chi connectivity index (χ2n) is 7.63. The number of amides is 1. The first-order chi connectivity index (χ1) is 15.0. The average molecular weight is 489 g/mol. The van der Waals surface area contributed by atoms with Crippen LogP contribution in [0.4, 0.5) is 24.7 Å². The van der Waals surface area contributed by atoms with Crippen LogP contribution in [0.2, 0.25) is 5.02 Å². The lowest BCUT2D eigenvalue weighted by Gasteiger charge is -2.35. The van der Waals surface area contributed by atoms with Crippen molar-refractivity contribution in [1.82, 2.24) is 9.29 Å². The molecule has 2 aliphatic rings. The summed E-state index contributed by atoms with van der Waals surface area (Å²) >= 11 is 6.02. The summed E-state index contributed by atoms with van der Waals surface area (Å²) in [6.45, 7) is 2.74. The molecule has 7 nitrogen and oxygen atoms in total. The van der Waals surface area contributed by atoms with Gasteiger partial charge in [-0.1, -0.05) is 11.6 Å². The van der Waals surface area contributed by atoms with Crippen LogP contribution in [0.3, 0.4) is 0 Å². The molecule has 0 atom stereocenters. The van der Waals surface area contributed by atoms with Crippen molar-refractivity contribution < 1.29 is 26.4 Å². The molecule has 4 rings (SSSR count). The summed E-state index contributed by atoms with van der Waals surface area (Å²) in [7, 11) is -3.76. The Morgan fingerprint density at radius 2 is 1.78 bits per heavy atom. The van der Waals surface area contributed by atoms with Crippen LogP contribution in [0, 0.1) is 0 Å². The second kappa shape index (κ2) is 8.20. The number of nitrogens with zero attached hydrogens (tertiary/aromatic N) is 4. The van der Waals surface area contributed by atoms with Crippen LogP contribution in [-0.2, 0) is 27.4 Å². The highest BCUT2D eigenvalue weighted by Gasteiger charge is 2.34. The van der Waals surface area contributed by atoms with Gasteiger partial charge in [-0.25, -0.2) is 13.4 Å². The molecule has 2 aromatic rings. The molecule has 0 aliphatic carbocycles. The number of piperazine rings is 1. The van der Waals surface area contributed by atoms with Crippen LogP contribution in [0.15, 0.2) is 35.4 Å². The molecule has 0 radical (unpaired) electrons. The Morgan fingerprint density at radius 3 is 2.38 bits per heavy atom. The molecule has 172 valence electrons. The largest absolute Gasteiger partial charge is 0.417 e. The van der Waals surface area contributed by atoms with Gasteiger partial charge in [0.15, 0.2) is 0 Å². The molecule has 0 saturated carbocycles. The highest BCUT2D eigenvalue weighted by molar-refractivity contribution is 7.89. The first-order valence-electron chi connectivity index (χ1n) is 9.87. The maximum atomic E-state index is 13.1. The van der Waals surface area contributed by atoms with Crippen LogP contribution >= 0.6 is 11.6 Å². The smallest absolute Gasteiger partial charge is 0.353 e. The Labute approximate surface area is 188 Å². The molecule has 0 bridgehead atoms. The van der Waals surface area contributed by atoms with Crippen molar-refractivity contribution in [3.63, 3.8) is 0 Å². The van der Waals surface area contributed by atoms with Crippen molar-refractivity contribution in [2.75, 3.05) is 42.5 Å². The monoisotopic (exact) mass is 488 g/mol. The Bertz CT molecular complexity index is 1170. The molecule has 32 heavy (non-hydrogen) atoms. The van der Waals surface area contributed by atoms with E-state index in [0.717, 1.165) is 23.5 Å². The van der Waals surface area contributed by atoms with E-state index in [2.05, 4.69) is 4.98 Å². The Hall–Kier alpha value is -2.37. The number of alkyl halides is 3. The van der Waals surface area contributed by atoms with Crippen molar-refractivity contribution in [2.45, 2.75) is 24.4 Å². The SMILES string of the molecule is CC(=O)N1CCc2cc(S(=O)(=O)N3CCN(c4ncc(C(F)(F)F)cc4Cl)CC3)ccc21. The molecule has 1 fully saturated rings. The van der Waals surface area contributed by atoms with Crippen LogP contribution in [0.1, 0.15) is 18.1 Å². The Balaban J connectivity index is 1.48. The molecular weight excluding hydrogens is 469 g/mol. The summed E-state index contributed by atoms with van der Waals surface area (Å²) in [5.41, 5.74) is 0.595. The van der Waals surface area contributed by atoms with E-state index in [4.69, 9.17) is 11.6 Å². The van der Waals surface area contributed by atoms with Gasteiger partial charge in [0.1, 0.15) is 5.82 Å². The number of aromatic nitrogens is 1. The van der Waals surface area contributed by atoms with E-state index in [1.54, 1.807) is 21.9 Å². The molecule has 1 aromatic heterocycles. The third kappa shape index (κ3) is 4.16. The number of fused-ring (bicyclic) bond motifs is 1. The number of carbonyl (C=O) groups excluding carboxylic acids is 1. The van der Waals surface area contributed by atoms with E-state index in [9.17, 15) is 26.4 Å². The first kappa shape index (κ1) is 22.8. The topological polar surface area (TPSA) is 73.8 Å². The molecule has 1 aromatic carbocycles. The molecule has 0 spiro atoms.